The molecule has 0 atom stereocenters. The maximum atomic E-state index is 9.82. The van der Waals surface area contributed by atoms with Gasteiger partial charge < -0.3 is 5.11 Å². The van der Waals surface area contributed by atoms with Crippen LogP contribution in [0.25, 0.3) is 0 Å². The molecule has 0 bridgehead atoms. The Labute approximate surface area is 170 Å². The lowest BCUT2D eigenvalue weighted by molar-refractivity contribution is 0.466. The smallest absolute Gasteiger partial charge is 0.118 e. The molecule has 1 heteroatoms. The van der Waals surface area contributed by atoms with Gasteiger partial charge in [0.05, 0.1) is 0 Å². The third-order valence-corrected chi connectivity index (χ3v) is 5.58. The SMILES string of the molecule is Oc1ccccc1CCCCCCCCC(c1ccccc1)c1ccccc1. The molecule has 0 saturated carbocycles. The van der Waals surface area contributed by atoms with E-state index < -0.39 is 0 Å². The molecule has 0 heterocycles. The summed E-state index contributed by atoms with van der Waals surface area (Å²) >= 11 is 0. The number of hydrogen-bond acceptors (Lipinski definition) is 1. The number of aryl methyl sites for hydroxylation is 1. The molecule has 0 unspecified atom stereocenters. The van der Waals surface area contributed by atoms with Gasteiger partial charge in [-0.25, -0.2) is 0 Å². The van der Waals surface area contributed by atoms with Gasteiger partial charge in [0, 0.05) is 5.92 Å². The number of unbranched alkanes of at least 4 members (excludes halogenated alkanes) is 5. The highest BCUT2D eigenvalue weighted by atomic mass is 16.3. The van der Waals surface area contributed by atoms with Crippen LogP contribution in [0.2, 0.25) is 0 Å². The quantitative estimate of drug-likeness (QED) is 0.345. The van der Waals surface area contributed by atoms with Crippen LogP contribution in [0.5, 0.6) is 5.75 Å². The number of phenolic OH excluding ortho intramolecular Hbond substituents is 1. The zero-order chi connectivity index (χ0) is 19.4. The Balaban J connectivity index is 1.37. The number of para-hydroxylation sites is 1. The molecule has 3 aromatic rings. The van der Waals surface area contributed by atoms with Gasteiger partial charge in [0.15, 0.2) is 0 Å². The summed E-state index contributed by atoms with van der Waals surface area (Å²) in [4.78, 5) is 0. The van der Waals surface area contributed by atoms with Crippen LogP contribution in [-0.4, -0.2) is 5.11 Å². The summed E-state index contributed by atoms with van der Waals surface area (Å²) in [6.07, 6.45) is 9.76. The van der Waals surface area contributed by atoms with Crippen molar-refractivity contribution in [2.24, 2.45) is 0 Å². The monoisotopic (exact) mass is 372 g/mol. The Morgan fingerprint density at radius 2 is 1.04 bits per heavy atom. The molecule has 0 radical (unpaired) electrons. The Morgan fingerprint density at radius 1 is 0.536 bits per heavy atom. The number of hydrogen-bond donors (Lipinski definition) is 1. The van der Waals surface area contributed by atoms with Gasteiger partial charge in [0.25, 0.3) is 0 Å². The molecular formula is C27H32O. The molecule has 1 nitrogen and oxygen atoms in total. The van der Waals surface area contributed by atoms with Gasteiger partial charge in [-0.3, -0.25) is 0 Å². The Hall–Kier alpha value is -2.54. The van der Waals surface area contributed by atoms with Gasteiger partial charge in [0.2, 0.25) is 0 Å². The minimum absolute atomic E-state index is 0.440. The van der Waals surface area contributed by atoms with Crippen molar-refractivity contribution in [2.75, 3.05) is 0 Å². The first-order valence-corrected chi connectivity index (χ1v) is 10.7. The predicted molar refractivity (Wildman–Crippen MR) is 119 cm³/mol. The van der Waals surface area contributed by atoms with E-state index in [1.165, 1.54) is 49.7 Å². The molecule has 3 rings (SSSR count). The summed E-state index contributed by atoms with van der Waals surface area (Å²) in [5, 5.41) is 9.82. The second-order valence-corrected chi connectivity index (χ2v) is 7.66. The first-order valence-electron chi connectivity index (χ1n) is 10.7. The second-order valence-electron chi connectivity index (χ2n) is 7.66. The zero-order valence-electron chi connectivity index (χ0n) is 16.8. The molecule has 0 aliphatic rings. The van der Waals surface area contributed by atoms with Crippen LogP contribution in [0.3, 0.4) is 0 Å². The van der Waals surface area contributed by atoms with Gasteiger partial charge >= 0.3 is 0 Å². The molecule has 0 fully saturated rings. The first kappa shape index (κ1) is 20.2. The molecule has 0 saturated heterocycles. The Kier molecular flexibility index (Phi) is 8.18. The van der Waals surface area contributed by atoms with Gasteiger partial charge in [-0.2, -0.15) is 0 Å². The fourth-order valence-corrected chi connectivity index (χ4v) is 3.99. The van der Waals surface area contributed by atoms with Crippen LogP contribution in [0.4, 0.5) is 0 Å². The molecule has 0 aromatic heterocycles. The minimum Gasteiger partial charge on any atom is -0.508 e. The van der Waals surface area contributed by atoms with E-state index in [0.717, 1.165) is 18.4 Å². The van der Waals surface area contributed by atoms with E-state index >= 15 is 0 Å². The number of rotatable bonds is 11. The maximum Gasteiger partial charge on any atom is 0.118 e. The van der Waals surface area contributed by atoms with Crippen molar-refractivity contribution in [2.45, 2.75) is 57.3 Å². The lowest BCUT2D eigenvalue weighted by Crippen LogP contribution is -2.01. The fourth-order valence-electron chi connectivity index (χ4n) is 3.99. The average Bonchev–Trinajstić information content (AvgIpc) is 2.75. The number of aromatic hydroxyl groups is 1. The second kappa shape index (κ2) is 11.3. The van der Waals surface area contributed by atoms with Crippen LogP contribution >= 0.6 is 0 Å². The van der Waals surface area contributed by atoms with Crippen molar-refractivity contribution in [3.63, 3.8) is 0 Å². The minimum atomic E-state index is 0.440. The van der Waals surface area contributed by atoms with Crippen LogP contribution in [0, 0.1) is 0 Å². The average molecular weight is 373 g/mol. The third-order valence-electron chi connectivity index (χ3n) is 5.58. The van der Waals surface area contributed by atoms with E-state index in [4.69, 9.17) is 0 Å². The summed E-state index contributed by atoms with van der Waals surface area (Å²) in [6, 6.07) is 29.5. The molecule has 0 aliphatic carbocycles. The van der Waals surface area contributed by atoms with Crippen LogP contribution in [-0.2, 0) is 6.42 Å². The summed E-state index contributed by atoms with van der Waals surface area (Å²) in [7, 11) is 0. The molecular weight excluding hydrogens is 340 g/mol. The first-order chi connectivity index (χ1) is 13.8. The van der Waals surface area contributed by atoms with E-state index in [1.807, 2.05) is 18.2 Å². The van der Waals surface area contributed by atoms with E-state index in [0.29, 0.717) is 11.7 Å². The molecule has 3 aromatic carbocycles. The van der Waals surface area contributed by atoms with Crippen molar-refractivity contribution in [1.29, 1.82) is 0 Å². The molecule has 0 amide bonds. The largest absolute Gasteiger partial charge is 0.508 e. The summed E-state index contributed by atoms with van der Waals surface area (Å²) < 4.78 is 0. The van der Waals surface area contributed by atoms with E-state index in [-0.39, 0.29) is 0 Å². The van der Waals surface area contributed by atoms with Gasteiger partial charge in [-0.1, -0.05) is 111 Å². The van der Waals surface area contributed by atoms with Crippen molar-refractivity contribution >= 4 is 0 Å². The molecule has 1 N–H and O–H groups in total. The van der Waals surface area contributed by atoms with Crippen LogP contribution in [0.15, 0.2) is 84.9 Å². The summed E-state index contributed by atoms with van der Waals surface area (Å²) in [6.45, 7) is 0. The highest BCUT2D eigenvalue weighted by molar-refractivity contribution is 5.32. The third kappa shape index (κ3) is 6.27. The lowest BCUT2D eigenvalue weighted by Gasteiger charge is -2.18. The Bertz CT molecular complexity index is 755. The van der Waals surface area contributed by atoms with E-state index in [9.17, 15) is 5.11 Å². The van der Waals surface area contributed by atoms with Crippen LogP contribution in [0.1, 0.15) is 67.6 Å². The van der Waals surface area contributed by atoms with Crippen molar-refractivity contribution in [3.8, 4) is 5.75 Å². The zero-order valence-corrected chi connectivity index (χ0v) is 16.8. The highest BCUT2D eigenvalue weighted by Gasteiger charge is 2.13. The molecule has 146 valence electrons. The fraction of sp³-hybridized carbons (Fsp3) is 0.333. The highest BCUT2D eigenvalue weighted by Crippen LogP contribution is 2.30. The van der Waals surface area contributed by atoms with Gasteiger partial charge in [0.1, 0.15) is 5.75 Å². The van der Waals surface area contributed by atoms with Crippen molar-refractivity contribution in [1.82, 2.24) is 0 Å². The van der Waals surface area contributed by atoms with E-state index in [2.05, 4.69) is 60.7 Å². The van der Waals surface area contributed by atoms with Crippen LogP contribution < -0.4 is 0 Å². The predicted octanol–water partition coefficient (Wildman–Crippen LogP) is 7.50. The van der Waals surface area contributed by atoms with Crippen molar-refractivity contribution in [3.05, 3.63) is 102 Å². The lowest BCUT2D eigenvalue weighted by atomic mass is 9.87. The normalized spacial score (nSPS) is 11.0. The topological polar surface area (TPSA) is 20.2 Å². The van der Waals surface area contributed by atoms with Gasteiger partial charge in [-0.05, 0) is 42.0 Å². The summed E-state index contributed by atoms with van der Waals surface area (Å²) in [5.41, 5.74) is 3.93. The summed E-state index contributed by atoms with van der Waals surface area (Å²) in [5.74, 6) is 0.943. The molecule has 0 spiro atoms. The molecule has 0 aliphatic heterocycles. The Morgan fingerprint density at radius 3 is 1.64 bits per heavy atom. The number of benzene rings is 3. The van der Waals surface area contributed by atoms with E-state index in [1.54, 1.807) is 6.07 Å². The number of phenols is 1. The molecule has 28 heavy (non-hydrogen) atoms. The standard InChI is InChI=1S/C27H32O/c28-27-22-14-13-20-25(27)19-7-3-1-2-4-12-21-26(23-15-8-5-9-16-23)24-17-10-6-11-18-24/h5-6,8-11,13-18,20,22,26,28H,1-4,7,12,19,21H2. The van der Waals surface area contributed by atoms with Gasteiger partial charge in [-0.15, -0.1) is 0 Å². The maximum absolute atomic E-state index is 9.82. The van der Waals surface area contributed by atoms with Crippen molar-refractivity contribution < 1.29 is 5.11 Å².